The first-order valence-corrected chi connectivity index (χ1v) is 13.8. The number of alkyl halides is 6. The van der Waals surface area contributed by atoms with Crippen molar-refractivity contribution in [2.75, 3.05) is 45.9 Å². The summed E-state index contributed by atoms with van der Waals surface area (Å²) in [5, 5.41) is 0. The summed E-state index contributed by atoms with van der Waals surface area (Å²) < 4.78 is 85.9. The molecule has 0 unspecified atom stereocenters. The molecule has 0 aromatic heterocycles. The van der Waals surface area contributed by atoms with Crippen LogP contribution in [-0.4, -0.2) is 83.4 Å². The van der Waals surface area contributed by atoms with Gasteiger partial charge in [0.2, 0.25) is 5.91 Å². The molecule has 0 spiro atoms. The van der Waals surface area contributed by atoms with E-state index in [9.17, 15) is 35.9 Å². The van der Waals surface area contributed by atoms with Crippen molar-refractivity contribution in [1.29, 1.82) is 0 Å². The van der Waals surface area contributed by atoms with Gasteiger partial charge in [0.25, 0.3) is 5.91 Å². The molecule has 3 aliphatic heterocycles. The zero-order valence-corrected chi connectivity index (χ0v) is 23.0. The van der Waals surface area contributed by atoms with Crippen LogP contribution in [0.5, 0.6) is 0 Å². The first kappa shape index (κ1) is 30.5. The van der Waals surface area contributed by atoms with Crippen molar-refractivity contribution in [2.24, 2.45) is 0 Å². The molecule has 7 nitrogen and oxygen atoms in total. The Labute approximate surface area is 244 Å². The predicted molar refractivity (Wildman–Crippen MR) is 144 cm³/mol. The van der Waals surface area contributed by atoms with E-state index in [0.29, 0.717) is 44.9 Å². The number of morpholine rings is 1. The molecule has 2 atom stereocenters. The average molecular weight is 609 g/mol. The summed E-state index contributed by atoms with van der Waals surface area (Å²) in [6.07, 6.45) is -2.50. The van der Waals surface area contributed by atoms with Crippen molar-refractivity contribution in [2.45, 2.75) is 30.7 Å². The number of piperidine rings is 1. The Kier molecular flexibility index (Phi) is 8.72. The number of carbonyl (C=O) groups excluding carboxylic acids is 2. The third-order valence-electron chi connectivity index (χ3n) is 7.85. The molecule has 2 saturated heterocycles. The maximum absolute atomic E-state index is 13.4. The van der Waals surface area contributed by atoms with Crippen LogP contribution in [0.4, 0.5) is 26.3 Å². The molecule has 230 valence electrons. The van der Waals surface area contributed by atoms with Crippen molar-refractivity contribution >= 4 is 11.8 Å². The van der Waals surface area contributed by atoms with Crippen molar-refractivity contribution in [3.05, 3.63) is 95.6 Å². The fraction of sp³-hybridized carbons (Fsp3) is 0.400. The van der Waals surface area contributed by atoms with Crippen LogP contribution in [-0.2, 0) is 21.9 Å². The summed E-state index contributed by atoms with van der Waals surface area (Å²) in [6.45, 7) is 2.47. The predicted octanol–water partition coefficient (Wildman–Crippen LogP) is 5.14. The molecule has 0 radical (unpaired) electrons. The second kappa shape index (κ2) is 12.3. The number of amides is 2. The van der Waals surface area contributed by atoms with Crippen molar-refractivity contribution < 1.29 is 40.7 Å². The molecule has 13 heteroatoms. The Hall–Kier alpha value is -4.00. The van der Waals surface area contributed by atoms with Crippen LogP contribution in [0.25, 0.3) is 0 Å². The third kappa shape index (κ3) is 7.15. The maximum atomic E-state index is 13.4. The Balaban J connectivity index is 1.34. The molecule has 0 bridgehead atoms. The molecule has 0 aliphatic carbocycles. The standard InChI is InChI=1S/C30H30F6N4O3/c31-29(32,33)23-16-22(17-24(18-23)30(34,35)36)28(42)40-7-6-26(25(19-40)21-4-2-1-3-5-21)38-10-8-37(9-11-38)20-27(41)39-12-14-43-15-13-39/h1-5,8-11,16-18,25-26H,6-7,12-15,19-20H2/t25-,26-/m1/s1. The Morgan fingerprint density at radius 3 is 1.98 bits per heavy atom. The van der Waals surface area contributed by atoms with E-state index in [0.717, 1.165) is 5.56 Å². The molecular weight excluding hydrogens is 578 g/mol. The van der Waals surface area contributed by atoms with Gasteiger partial charge < -0.3 is 24.3 Å². The van der Waals surface area contributed by atoms with Crippen LogP contribution in [0.1, 0.15) is 39.4 Å². The van der Waals surface area contributed by atoms with Crippen LogP contribution in [0, 0.1) is 0 Å². The number of hydrogen-bond donors (Lipinski definition) is 0. The number of carbonyl (C=O) groups is 2. The summed E-state index contributed by atoms with van der Waals surface area (Å²) in [7, 11) is 0. The van der Waals surface area contributed by atoms with Gasteiger partial charge in [-0.1, -0.05) is 30.3 Å². The molecule has 2 aromatic carbocycles. The van der Waals surface area contributed by atoms with Gasteiger partial charge in [-0.3, -0.25) is 9.59 Å². The smallest absolute Gasteiger partial charge is 0.378 e. The number of rotatable bonds is 5. The number of ether oxygens (including phenoxy) is 1. The van der Waals surface area contributed by atoms with E-state index in [1.165, 1.54) is 4.90 Å². The molecule has 43 heavy (non-hydrogen) atoms. The number of likely N-dealkylation sites (tertiary alicyclic amines) is 1. The molecule has 2 fully saturated rings. The highest BCUT2D eigenvalue weighted by Crippen LogP contribution is 2.38. The Bertz CT molecular complexity index is 1330. The zero-order valence-electron chi connectivity index (χ0n) is 23.0. The molecule has 3 heterocycles. The van der Waals surface area contributed by atoms with E-state index in [4.69, 9.17) is 4.74 Å². The molecule has 0 saturated carbocycles. The number of nitrogens with zero attached hydrogens (tertiary/aromatic N) is 4. The van der Waals surface area contributed by atoms with Gasteiger partial charge in [-0.15, -0.1) is 0 Å². The fourth-order valence-electron chi connectivity index (χ4n) is 5.59. The van der Waals surface area contributed by atoms with Crippen molar-refractivity contribution in [1.82, 2.24) is 19.6 Å². The summed E-state index contributed by atoms with van der Waals surface area (Å²) in [5.41, 5.74) is -2.84. The van der Waals surface area contributed by atoms with E-state index in [1.807, 2.05) is 47.6 Å². The van der Waals surface area contributed by atoms with Crippen molar-refractivity contribution in [3.8, 4) is 0 Å². The maximum Gasteiger partial charge on any atom is 0.416 e. The topological polar surface area (TPSA) is 56.3 Å². The summed E-state index contributed by atoms with van der Waals surface area (Å²) in [5.74, 6) is -1.22. The van der Waals surface area contributed by atoms with Gasteiger partial charge in [-0.2, -0.15) is 26.3 Å². The second-order valence-corrected chi connectivity index (χ2v) is 10.6. The molecule has 2 aromatic rings. The molecule has 3 aliphatic rings. The second-order valence-electron chi connectivity index (χ2n) is 10.6. The normalized spacial score (nSPS) is 21.3. The lowest BCUT2D eigenvalue weighted by atomic mass is 9.84. The van der Waals surface area contributed by atoms with Gasteiger partial charge in [-0.05, 0) is 30.2 Å². The third-order valence-corrected chi connectivity index (χ3v) is 7.85. The molecule has 5 rings (SSSR count). The van der Waals surface area contributed by atoms with Crippen LogP contribution in [0.15, 0.2) is 73.3 Å². The Morgan fingerprint density at radius 2 is 1.40 bits per heavy atom. The minimum absolute atomic E-state index is 0.0165. The minimum Gasteiger partial charge on any atom is -0.378 e. The van der Waals surface area contributed by atoms with Gasteiger partial charge in [-0.25, -0.2) is 0 Å². The number of halogens is 6. The Morgan fingerprint density at radius 1 is 0.791 bits per heavy atom. The van der Waals surface area contributed by atoms with E-state index in [1.54, 1.807) is 22.2 Å². The summed E-state index contributed by atoms with van der Waals surface area (Å²) >= 11 is 0. The first-order chi connectivity index (χ1) is 20.4. The SMILES string of the molecule is O=C(CN1C=CN([C@@H]2CCN(C(=O)c3cc(C(F)(F)F)cc(C(F)(F)F)c3)C[C@@H]2c2ccccc2)C=C1)N1CCOCC1. The highest BCUT2D eigenvalue weighted by Gasteiger charge is 2.40. The average Bonchev–Trinajstić information content (AvgIpc) is 3.00. The van der Waals surface area contributed by atoms with E-state index in [2.05, 4.69) is 0 Å². The van der Waals surface area contributed by atoms with Gasteiger partial charge >= 0.3 is 12.4 Å². The first-order valence-electron chi connectivity index (χ1n) is 13.8. The summed E-state index contributed by atoms with van der Waals surface area (Å²) in [6, 6.07) is 10.0. The van der Waals surface area contributed by atoms with E-state index >= 15 is 0 Å². The summed E-state index contributed by atoms with van der Waals surface area (Å²) in [4.78, 5) is 32.8. The highest BCUT2D eigenvalue weighted by molar-refractivity contribution is 5.95. The molecule has 2 amide bonds. The van der Waals surface area contributed by atoms with E-state index in [-0.39, 0.29) is 43.6 Å². The van der Waals surface area contributed by atoms with Gasteiger partial charge in [0.15, 0.2) is 0 Å². The van der Waals surface area contributed by atoms with E-state index < -0.39 is 35.0 Å². The van der Waals surface area contributed by atoms with Crippen molar-refractivity contribution in [3.63, 3.8) is 0 Å². The van der Waals surface area contributed by atoms with Gasteiger partial charge in [0.1, 0.15) is 6.54 Å². The van der Waals surface area contributed by atoms with Gasteiger partial charge in [0.05, 0.1) is 24.3 Å². The number of benzene rings is 2. The molecule has 0 N–H and O–H groups in total. The zero-order chi connectivity index (χ0) is 30.8. The fourth-order valence-corrected chi connectivity index (χ4v) is 5.59. The lowest BCUT2D eigenvalue weighted by Crippen LogP contribution is -2.49. The largest absolute Gasteiger partial charge is 0.416 e. The minimum atomic E-state index is -5.05. The number of hydrogen-bond acceptors (Lipinski definition) is 5. The lowest BCUT2D eigenvalue weighted by molar-refractivity contribution is -0.143. The lowest BCUT2D eigenvalue weighted by Gasteiger charge is -2.44. The van der Waals surface area contributed by atoms with Crippen LogP contribution in [0.3, 0.4) is 0 Å². The quantitative estimate of drug-likeness (QED) is 0.441. The van der Waals surface area contributed by atoms with Crippen LogP contribution in [0.2, 0.25) is 0 Å². The van der Waals surface area contributed by atoms with Crippen LogP contribution < -0.4 is 0 Å². The van der Waals surface area contributed by atoms with Crippen LogP contribution >= 0.6 is 0 Å². The monoisotopic (exact) mass is 608 g/mol. The highest BCUT2D eigenvalue weighted by atomic mass is 19.4. The molecular formula is C30H30F6N4O3. The van der Waals surface area contributed by atoms with Gasteiger partial charge in [0, 0.05) is 68.5 Å².